The van der Waals surface area contributed by atoms with Gasteiger partial charge >= 0.3 is 12.3 Å². The number of nitrogens with two attached hydrogens (primary N) is 1. The molecule has 9 heteroatoms. The summed E-state index contributed by atoms with van der Waals surface area (Å²) in [5, 5.41) is 0. The highest BCUT2D eigenvalue weighted by molar-refractivity contribution is 5.29. The molecule has 3 N–H and O–H groups in total. The van der Waals surface area contributed by atoms with Gasteiger partial charge in [-0.3, -0.25) is 11.3 Å². The number of aryl methyl sites for hydroxylation is 1. The van der Waals surface area contributed by atoms with E-state index in [9.17, 15) is 26.3 Å². The first-order valence-electron chi connectivity index (χ1n) is 5.85. The maximum Gasteiger partial charge on any atom is 0.330 e. The molecule has 0 amide bonds. The number of halogens is 6. The van der Waals surface area contributed by atoms with E-state index < -0.39 is 48.8 Å². The Kier molecular flexibility index (Phi) is 5.99. The van der Waals surface area contributed by atoms with Crippen LogP contribution in [0.3, 0.4) is 0 Å². The zero-order chi connectivity index (χ0) is 16.2. The molecule has 0 aliphatic rings. The molecule has 0 fully saturated rings. The van der Waals surface area contributed by atoms with Crippen LogP contribution in [0.15, 0.2) is 12.1 Å². The molecule has 0 saturated carbocycles. The van der Waals surface area contributed by atoms with E-state index in [4.69, 9.17) is 5.84 Å². The molecule has 3 nitrogen and oxygen atoms in total. The molecule has 0 saturated heterocycles. The molecular formula is C12H14F6N2O. The Morgan fingerprint density at radius 3 is 2.43 bits per heavy atom. The molecule has 0 bridgehead atoms. The summed E-state index contributed by atoms with van der Waals surface area (Å²) >= 11 is 0. The van der Waals surface area contributed by atoms with Crippen LogP contribution in [0.2, 0.25) is 0 Å². The minimum atomic E-state index is -4.34. The molecule has 1 aromatic rings. The Morgan fingerprint density at radius 1 is 1.29 bits per heavy atom. The first-order valence-corrected chi connectivity index (χ1v) is 5.85. The van der Waals surface area contributed by atoms with Crippen molar-refractivity contribution in [1.82, 2.24) is 5.43 Å². The lowest BCUT2D eigenvalue weighted by atomic mass is 10.0. The molecular weight excluding hydrogens is 302 g/mol. The molecule has 1 unspecified atom stereocenters. The number of benzene rings is 1. The summed E-state index contributed by atoms with van der Waals surface area (Å²) in [6.07, 6.45) is -3.89. The number of ether oxygens (including phenoxy) is 1. The minimum absolute atomic E-state index is 0.115. The van der Waals surface area contributed by atoms with Gasteiger partial charge in [0.05, 0.1) is 12.6 Å². The minimum Gasteiger partial charge on any atom is -0.373 e. The Bertz CT molecular complexity index is 483. The Morgan fingerprint density at radius 2 is 1.90 bits per heavy atom. The van der Waals surface area contributed by atoms with E-state index in [1.54, 1.807) is 0 Å². The van der Waals surface area contributed by atoms with Crippen LogP contribution in [0.4, 0.5) is 26.3 Å². The van der Waals surface area contributed by atoms with Crippen LogP contribution in [0.1, 0.15) is 17.2 Å². The predicted molar refractivity (Wildman–Crippen MR) is 62.9 cm³/mol. The van der Waals surface area contributed by atoms with Gasteiger partial charge in [-0.2, -0.15) is 8.78 Å². The van der Waals surface area contributed by atoms with E-state index in [-0.39, 0.29) is 5.56 Å². The largest absolute Gasteiger partial charge is 0.373 e. The van der Waals surface area contributed by atoms with Crippen molar-refractivity contribution in [3.8, 4) is 0 Å². The number of hydrogen-bond acceptors (Lipinski definition) is 3. The second-order valence-corrected chi connectivity index (χ2v) is 4.39. The fourth-order valence-electron chi connectivity index (χ4n) is 1.59. The zero-order valence-corrected chi connectivity index (χ0v) is 11.0. The number of hydrazine groups is 1. The third-order valence-corrected chi connectivity index (χ3v) is 2.77. The molecule has 1 aromatic carbocycles. The Balaban J connectivity index is 2.80. The summed E-state index contributed by atoms with van der Waals surface area (Å²) in [7, 11) is 0. The number of rotatable bonds is 7. The molecule has 0 heterocycles. The quantitative estimate of drug-likeness (QED) is 0.462. The molecule has 1 atom stereocenters. The van der Waals surface area contributed by atoms with E-state index in [1.165, 1.54) is 13.0 Å². The van der Waals surface area contributed by atoms with Crippen LogP contribution in [-0.2, 0) is 4.74 Å². The third-order valence-electron chi connectivity index (χ3n) is 2.77. The van der Waals surface area contributed by atoms with Gasteiger partial charge in [0.1, 0.15) is 18.2 Å². The highest BCUT2D eigenvalue weighted by atomic mass is 19.3. The maximum absolute atomic E-state index is 13.8. The van der Waals surface area contributed by atoms with E-state index >= 15 is 0 Å². The summed E-state index contributed by atoms with van der Waals surface area (Å²) in [6, 6.07) is 0.873. The highest BCUT2D eigenvalue weighted by Crippen LogP contribution is 2.26. The van der Waals surface area contributed by atoms with Gasteiger partial charge in [0.25, 0.3) is 0 Å². The van der Waals surface area contributed by atoms with Crippen molar-refractivity contribution in [2.45, 2.75) is 25.3 Å². The van der Waals surface area contributed by atoms with Crippen molar-refractivity contribution >= 4 is 0 Å². The van der Waals surface area contributed by atoms with Gasteiger partial charge < -0.3 is 4.74 Å². The van der Waals surface area contributed by atoms with E-state index in [0.717, 1.165) is 6.07 Å². The van der Waals surface area contributed by atoms with Crippen molar-refractivity contribution in [2.75, 3.05) is 13.2 Å². The summed E-state index contributed by atoms with van der Waals surface area (Å²) in [5.41, 5.74) is 1.62. The van der Waals surface area contributed by atoms with Crippen molar-refractivity contribution in [3.05, 3.63) is 34.9 Å². The summed E-state index contributed by atoms with van der Waals surface area (Å²) in [6.45, 7) is -0.911. The number of nitrogens with one attached hydrogen (secondary N) is 1. The van der Waals surface area contributed by atoms with Gasteiger partial charge in [0.2, 0.25) is 0 Å². The predicted octanol–water partition coefficient (Wildman–Crippen LogP) is 2.69. The first-order chi connectivity index (χ1) is 9.70. The van der Waals surface area contributed by atoms with Crippen LogP contribution in [0.25, 0.3) is 0 Å². The molecule has 0 aromatic heterocycles. The average Bonchev–Trinajstić information content (AvgIpc) is 2.41. The highest BCUT2D eigenvalue weighted by Gasteiger charge is 2.41. The molecule has 0 aliphatic heterocycles. The fraction of sp³-hybridized carbons (Fsp3) is 0.500. The fourth-order valence-corrected chi connectivity index (χ4v) is 1.59. The lowest BCUT2D eigenvalue weighted by Gasteiger charge is -2.21. The van der Waals surface area contributed by atoms with Crippen molar-refractivity contribution in [1.29, 1.82) is 0 Å². The summed E-state index contributed by atoms with van der Waals surface area (Å²) < 4.78 is 81.0. The van der Waals surface area contributed by atoms with E-state index in [1.807, 2.05) is 5.43 Å². The molecule has 0 aliphatic carbocycles. The van der Waals surface area contributed by atoms with E-state index in [2.05, 4.69) is 4.74 Å². The van der Waals surface area contributed by atoms with Crippen molar-refractivity contribution in [2.24, 2.45) is 5.84 Å². The van der Waals surface area contributed by atoms with E-state index in [0.29, 0.717) is 0 Å². The monoisotopic (exact) mass is 316 g/mol. The third kappa shape index (κ3) is 4.32. The van der Waals surface area contributed by atoms with Crippen LogP contribution in [0.5, 0.6) is 0 Å². The van der Waals surface area contributed by atoms with Gasteiger partial charge in [-0.15, -0.1) is 0 Å². The molecule has 1 rings (SSSR count). The number of hydrogen-bond donors (Lipinski definition) is 2. The first kappa shape index (κ1) is 17.7. The average molecular weight is 316 g/mol. The topological polar surface area (TPSA) is 47.3 Å². The summed E-state index contributed by atoms with van der Waals surface area (Å²) in [4.78, 5) is 0. The SMILES string of the molecule is Cc1ccc(F)c(C(COCC(F)(F)C(F)F)NN)c1F. The van der Waals surface area contributed by atoms with Crippen LogP contribution < -0.4 is 11.3 Å². The van der Waals surface area contributed by atoms with Crippen molar-refractivity contribution < 1.29 is 31.1 Å². The van der Waals surface area contributed by atoms with Gasteiger partial charge in [-0.1, -0.05) is 6.07 Å². The standard InChI is InChI=1S/C12H14F6N2O/c1-6-2-3-7(13)9(10(6)14)8(20-19)4-21-5-12(17,18)11(15)16/h2-3,8,11,20H,4-5,19H2,1H3. The molecule has 21 heavy (non-hydrogen) atoms. The van der Waals surface area contributed by atoms with Gasteiger partial charge in [-0.05, 0) is 18.6 Å². The second-order valence-electron chi connectivity index (χ2n) is 4.39. The van der Waals surface area contributed by atoms with Crippen LogP contribution in [-0.4, -0.2) is 25.6 Å². The van der Waals surface area contributed by atoms with Crippen molar-refractivity contribution in [3.63, 3.8) is 0 Å². The number of alkyl halides is 4. The molecule has 120 valence electrons. The van der Waals surface area contributed by atoms with Gasteiger partial charge in [0, 0.05) is 5.56 Å². The Labute approximate surface area is 117 Å². The van der Waals surface area contributed by atoms with Gasteiger partial charge in [0.15, 0.2) is 0 Å². The molecule has 0 radical (unpaired) electrons. The van der Waals surface area contributed by atoms with Crippen LogP contribution in [0, 0.1) is 18.6 Å². The summed E-state index contributed by atoms with van der Waals surface area (Å²) in [5.74, 6) is -1.11. The smallest absolute Gasteiger partial charge is 0.330 e. The Hall–Kier alpha value is -1.32. The molecule has 0 spiro atoms. The van der Waals surface area contributed by atoms with Gasteiger partial charge in [-0.25, -0.2) is 17.6 Å². The second kappa shape index (κ2) is 7.10. The lowest BCUT2D eigenvalue weighted by Crippen LogP contribution is -2.37. The lowest BCUT2D eigenvalue weighted by molar-refractivity contribution is -0.167. The van der Waals surface area contributed by atoms with Crippen LogP contribution >= 0.6 is 0 Å². The maximum atomic E-state index is 13.8. The zero-order valence-electron chi connectivity index (χ0n) is 11.0. The normalized spacial score (nSPS) is 13.8.